The van der Waals surface area contributed by atoms with Gasteiger partial charge in [0.2, 0.25) is 0 Å². The fourth-order valence-corrected chi connectivity index (χ4v) is 2.13. The zero-order chi connectivity index (χ0) is 14.5. The van der Waals surface area contributed by atoms with Gasteiger partial charge >= 0.3 is 0 Å². The first-order chi connectivity index (χ1) is 9.54. The third-order valence-corrected chi connectivity index (χ3v) is 3.34. The largest absolute Gasteiger partial charge is 0.457 e. The lowest BCUT2D eigenvalue weighted by Crippen LogP contribution is -2.21. The second-order valence-electron chi connectivity index (χ2n) is 4.85. The molecule has 1 N–H and O–H groups in total. The Balaban J connectivity index is 2.09. The Morgan fingerprint density at radius 1 is 1.05 bits per heavy atom. The molecule has 0 heterocycles. The fourth-order valence-electron chi connectivity index (χ4n) is 1.72. The fraction of sp³-hybridized carbons (Fsp3) is 0.250. The van der Waals surface area contributed by atoms with Crippen molar-refractivity contribution >= 4 is 23.2 Å². The molecule has 0 saturated heterocycles. The Morgan fingerprint density at radius 2 is 1.80 bits per heavy atom. The summed E-state index contributed by atoms with van der Waals surface area (Å²) in [5, 5.41) is 4.67. The van der Waals surface area contributed by atoms with E-state index in [2.05, 4.69) is 19.2 Å². The van der Waals surface area contributed by atoms with Crippen LogP contribution in [-0.2, 0) is 6.54 Å². The van der Waals surface area contributed by atoms with Gasteiger partial charge in [-0.1, -0.05) is 49.2 Å². The molecule has 0 amide bonds. The van der Waals surface area contributed by atoms with Crippen LogP contribution in [0.25, 0.3) is 0 Å². The minimum absolute atomic E-state index is 0.424. The molecule has 0 aromatic heterocycles. The lowest BCUT2D eigenvalue weighted by molar-refractivity contribution is 0.482. The topological polar surface area (TPSA) is 21.3 Å². The molecular formula is C16H17Cl2NO. The van der Waals surface area contributed by atoms with Crippen LogP contribution < -0.4 is 10.1 Å². The Bertz CT molecular complexity index is 584. The minimum atomic E-state index is 0.424. The van der Waals surface area contributed by atoms with Crippen LogP contribution in [0.3, 0.4) is 0 Å². The van der Waals surface area contributed by atoms with E-state index in [0.717, 1.165) is 12.1 Å². The van der Waals surface area contributed by atoms with E-state index in [1.165, 1.54) is 0 Å². The molecule has 2 nitrogen and oxygen atoms in total. The molecule has 106 valence electrons. The van der Waals surface area contributed by atoms with E-state index >= 15 is 0 Å². The highest BCUT2D eigenvalue weighted by Crippen LogP contribution is 2.28. The maximum Gasteiger partial charge on any atom is 0.128 e. The van der Waals surface area contributed by atoms with Gasteiger partial charge < -0.3 is 10.1 Å². The summed E-state index contributed by atoms with van der Waals surface area (Å²) < 4.78 is 5.73. The second kappa shape index (κ2) is 6.98. The molecule has 0 aliphatic rings. The van der Waals surface area contributed by atoms with Crippen LogP contribution in [0.15, 0.2) is 42.5 Å². The van der Waals surface area contributed by atoms with E-state index in [0.29, 0.717) is 27.6 Å². The van der Waals surface area contributed by atoms with E-state index in [1.54, 1.807) is 6.07 Å². The Morgan fingerprint density at radius 3 is 2.45 bits per heavy atom. The minimum Gasteiger partial charge on any atom is -0.457 e. The summed E-state index contributed by atoms with van der Waals surface area (Å²) in [4.78, 5) is 0. The van der Waals surface area contributed by atoms with E-state index in [9.17, 15) is 0 Å². The van der Waals surface area contributed by atoms with Crippen LogP contribution in [0.2, 0.25) is 10.0 Å². The van der Waals surface area contributed by atoms with E-state index < -0.39 is 0 Å². The predicted molar refractivity (Wildman–Crippen MR) is 85.0 cm³/mol. The summed E-state index contributed by atoms with van der Waals surface area (Å²) in [6.45, 7) is 4.95. The zero-order valence-corrected chi connectivity index (χ0v) is 13.0. The van der Waals surface area contributed by atoms with Gasteiger partial charge in [0.15, 0.2) is 0 Å². The molecule has 0 bridgehead atoms. The van der Waals surface area contributed by atoms with E-state index in [-0.39, 0.29) is 0 Å². The van der Waals surface area contributed by atoms with Crippen LogP contribution in [-0.4, -0.2) is 6.04 Å². The maximum absolute atomic E-state index is 6.26. The van der Waals surface area contributed by atoms with Crippen molar-refractivity contribution in [3.63, 3.8) is 0 Å². The molecule has 2 aromatic carbocycles. The summed E-state index contributed by atoms with van der Waals surface area (Å²) in [7, 11) is 0. The number of hydrogen-bond acceptors (Lipinski definition) is 2. The first-order valence-electron chi connectivity index (χ1n) is 6.50. The van der Waals surface area contributed by atoms with Gasteiger partial charge in [-0.2, -0.15) is 0 Å². The molecule has 0 aliphatic carbocycles. The van der Waals surface area contributed by atoms with Gasteiger partial charge in [0.25, 0.3) is 0 Å². The van der Waals surface area contributed by atoms with Gasteiger partial charge in [-0.05, 0) is 35.9 Å². The number of nitrogens with one attached hydrogen (secondary N) is 1. The molecule has 0 saturated carbocycles. The van der Waals surface area contributed by atoms with Crippen LogP contribution in [0.4, 0.5) is 0 Å². The zero-order valence-electron chi connectivity index (χ0n) is 11.5. The van der Waals surface area contributed by atoms with Crippen LogP contribution in [0.1, 0.15) is 19.4 Å². The summed E-state index contributed by atoms with van der Waals surface area (Å²) in [5.74, 6) is 1.40. The van der Waals surface area contributed by atoms with Crippen molar-refractivity contribution in [1.29, 1.82) is 0 Å². The van der Waals surface area contributed by atoms with Crippen molar-refractivity contribution < 1.29 is 4.74 Å². The highest BCUT2D eigenvalue weighted by Gasteiger charge is 2.05. The average molecular weight is 310 g/mol. The van der Waals surface area contributed by atoms with Crippen molar-refractivity contribution in [3.8, 4) is 11.5 Å². The Kier molecular flexibility index (Phi) is 5.30. The number of ether oxygens (including phenoxy) is 1. The van der Waals surface area contributed by atoms with Crippen molar-refractivity contribution in [3.05, 3.63) is 58.1 Å². The Hall–Kier alpha value is -1.22. The van der Waals surface area contributed by atoms with E-state index in [1.807, 2.05) is 36.4 Å². The monoisotopic (exact) mass is 309 g/mol. The lowest BCUT2D eigenvalue weighted by atomic mass is 10.2. The van der Waals surface area contributed by atoms with Crippen LogP contribution >= 0.6 is 23.2 Å². The molecule has 2 rings (SSSR count). The van der Waals surface area contributed by atoms with Gasteiger partial charge in [-0.3, -0.25) is 0 Å². The summed E-state index contributed by atoms with van der Waals surface area (Å²) >= 11 is 12.2. The average Bonchev–Trinajstić information content (AvgIpc) is 2.37. The summed E-state index contributed by atoms with van der Waals surface area (Å²) in [6, 6.07) is 13.4. The predicted octanol–water partition coefficient (Wildman–Crippen LogP) is 5.28. The van der Waals surface area contributed by atoms with Gasteiger partial charge in [0.05, 0.1) is 0 Å². The highest BCUT2D eigenvalue weighted by atomic mass is 35.5. The normalized spacial score (nSPS) is 10.8. The van der Waals surface area contributed by atoms with Gasteiger partial charge in [-0.15, -0.1) is 0 Å². The van der Waals surface area contributed by atoms with Gasteiger partial charge in [-0.25, -0.2) is 0 Å². The molecule has 0 unspecified atom stereocenters. The highest BCUT2D eigenvalue weighted by molar-refractivity contribution is 6.31. The SMILES string of the molecule is CC(C)NCc1ccc(Oc2cccc(Cl)c2)cc1Cl. The van der Waals surface area contributed by atoms with Crippen molar-refractivity contribution in [2.75, 3.05) is 0 Å². The standard InChI is InChI=1S/C16H17Cl2NO/c1-11(2)19-10-12-6-7-15(9-16(12)18)20-14-5-3-4-13(17)8-14/h3-9,11,19H,10H2,1-2H3. The Labute approximate surface area is 129 Å². The first kappa shape index (κ1) is 15.2. The third kappa shape index (κ3) is 4.41. The van der Waals surface area contributed by atoms with Gasteiger partial charge in [0, 0.05) is 22.6 Å². The summed E-state index contributed by atoms with van der Waals surface area (Å²) in [6.07, 6.45) is 0. The lowest BCUT2D eigenvalue weighted by Gasteiger charge is -2.11. The number of halogens is 2. The van der Waals surface area contributed by atoms with Crippen LogP contribution in [0, 0.1) is 0 Å². The van der Waals surface area contributed by atoms with E-state index in [4.69, 9.17) is 27.9 Å². The van der Waals surface area contributed by atoms with Gasteiger partial charge in [0.1, 0.15) is 11.5 Å². The number of hydrogen-bond donors (Lipinski definition) is 1. The van der Waals surface area contributed by atoms with Crippen molar-refractivity contribution in [1.82, 2.24) is 5.32 Å². The molecule has 20 heavy (non-hydrogen) atoms. The smallest absolute Gasteiger partial charge is 0.128 e. The molecule has 0 fully saturated rings. The number of benzene rings is 2. The summed E-state index contributed by atoms with van der Waals surface area (Å²) in [5.41, 5.74) is 1.05. The molecular weight excluding hydrogens is 293 g/mol. The third-order valence-electron chi connectivity index (χ3n) is 2.76. The molecule has 0 atom stereocenters. The molecule has 4 heteroatoms. The quantitative estimate of drug-likeness (QED) is 0.811. The molecule has 0 radical (unpaired) electrons. The van der Waals surface area contributed by atoms with Crippen molar-refractivity contribution in [2.24, 2.45) is 0 Å². The van der Waals surface area contributed by atoms with Crippen molar-refractivity contribution in [2.45, 2.75) is 26.4 Å². The maximum atomic E-state index is 6.26. The first-order valence-corrected chi connectivity index (χ1v) is 7.25. The van der Waals surface area contributed by atoms with Crippen LogP contribution in [0.5, 0.6) is 11.5 Å². The molecule has 0 spiro atoms. The second-order valence-corrected chi connectivity index (χ2v) is 5.69. The molecule has 0 aliphatic heterocycles. The number of rotatable bonds is 5. The molecule has 2 aromatic rings.